The van der Waals surface area contributed by atoms with Gasteiger partial charge in [-0.05, 0) is 47.3 Å². The van der Waals surface area contributed by atoms with Crippen LogP contribution in [0.3, 0.4) is 0 Å². The predicted octanol–water partition coefficient (Wildman–Crippen LogP) is 2.50. The lowest BCUT2D eigenvalue weighted by atomic mass is 9.95. The molecular formula is C11H13BrO4. The summed E-state index contributed by atoms with van der Waals surface area (Å²) in [6.45, 7) is 0. The summed E-state index contributed by atoms with van der Waals surface area (Å²) in [5.74, 6) is -0.360. The summed E-state index contributed by atoms with van der Waals surface area (Å²) in [5, 5.41) is 9.65. The molecule has 1 aromatic heterocycles. The van der Waals surface area contributed by atoms with E-state index in [2.05, 4.69) is 15.9 Å². The van der Waals surface area contributed by atoms with Crippen molar-refractivity contribution in [3.63, 3.8) is 0 Å². The zero-order chi connectivity index (χ0) is 11.5. The normalized spacial score (nSPS) is 25.4. The highest BCUT2D eigenvalue weighted by Crippen LogP contribution is 2.23. The fourth-order valence-electron chi connectivity index (χ4n) is 1.83. The van der Waals surface area contributed by atoms with Crippen LogP contribution in [0.4, 0.5) is 0 Å². The summed E-state index contributed by atoms with van der Waals surface area (Å²) in [7, 11) is 0. The maximum atomic E-state index is 11.6. The Morgan fingerprint density at radius 1 is 1.44 bits per heavy atom. The molecule has 1 heterocycles. The number of carbonyl (C=O) groups excluding carboxylic acids is 1. The van der Waals surface area contributed by atoms with Crippen LogP contribution >= 0.6 is 15.9 Å². The number of furan rings is 1. The molecule has 2 rings (SSSR count). The lowest BCUT2D eigenvalue weighted by Crippen LogP contribution is -2.34. The van der Waals surface area contributed by atoms with Gasteiger partial charge in [0.25, 0.3) is 0 Å². The van der Waals surface area contributed by atoms with Crippen molar-refractivity contribution in [3.8, 4) is 0 Å². The number of hydrogen-bond acceptors (Lipinski definition) is 4. The van der Waals surface area contributed by atoms with Gasteiger partial charge in [0.05, 0.1) is 6.10 Å². The Morgan fingerprint density at radius 2 is 2.19 bits per heavy atom. The predicted molar refractivity (Wildman–Crippen MR) is 60.1 cm³/mol. The fraction of sp³-hybridized carbons (Fsp3) is 0.545. The van der Waals surface area contributed by atoms with Gasteiger partial charge in [-0.25, -0.2) is 4.79 Å². The Kier molecular flexibility index (Phi) is 3.66. The molecule has 0 unspecified atom stereocenters. The number of rotatable bonds is 2. The molecule has 88 valence electrons. The Labute approximate surface area is 102 Å². The first-order valence-corrected chi connectivity index (χ1v) is 6.10. The molecule has 0 aromatic carbocycles. The van der Waals surface area contributed by atoms with Crippen LogP contribution in [0, 0.1) is 0 Å². The number of carbonyl (C=O) groups is 1. The number of aliphatic hydroxyl groups is 1. The van der Waals surface area contributed by atoms with E-state index in [0.717, 1.165) is 19.3 Å². The van der Waals surface area contributed by atoms with Crippen molar-refractivity contribution in [2.45, 2.75) is 37.9 Å². The van der Waals surface area contributed by atoms with Crippen LogP contribution in [0.2, 0.25) is 0 Å². The SMILES string of the molecule is O=C(O[C@@H]1CCCC[C@H]1O)c1ccc(Br)o1. The maximum absolute atomic E-state index is 11.6. The van der Waals surface area contributed by atoms with Gasteiger partial charge in [0.2, 0.25) is 5.76 Å². The third kappa shape index (κ3) is 2.65. The number of hydrogen-bond donors (Lipinski definition) is 1. The highest BCUT2D eigenvalue weighted by Gasteiger charge is 2.27. The highest BCUT2D eigenvalue weighted by molar-refractivity contribution is 9.10. The molecule has 4 nitrogen and oxygen atoms in total. The first-order valence-electron chi connectivity index (χ1n) is 5.31. The molecule has 16 heavy (non-hydrogen) atoms. The average molecular weight is 289 g/mol. The van der Waals surface area contributed by atoms with E-state index in [9.17, 15) is 9.90 Å². The number of aliphatic hydroxyl groups excluding tert-OH is 1. The summed E-state index contributed by atoms with van der Waals surface area (Å²) in [4.78, 5) is 11.6. The molecule has 1 aliphatic rings. The van der Waals surface area contributed by atoms with E-state index in [-0.39, 0.29) is 5.76 Å². The van der Waals surface area contributed by atoms with E-state index in [0.29, 0.717) is 11.1 Å². The molecule has 1 N–H and O–H groups in total. The van der Waals surface area contributed by atoms with Crippen molar-refractivity contribution in [1.82, 2.24) is 0 Å². The molecule has 1 aliphatic carbocycles. The van der Waals surface area contributed by atoms with Gasteiger partial charge >= 0.3 is 5.97 Å². The van der Waals surface area contributed by atoms with E-state index >= 15 is 0 Å². The van der Waals surface area contributed by atoms with Crippen LogP contribution in [0.25, 0.3) is 0 Å². The Hall–Kier alpha value is -0.810. The third-order valence-electron chi connectivity index (χ3n) is 2.70. The molecule has 0 bridgehead atoms. The van der Waals surface area contributed by atoms with Gasteiger partial charge in [-0.2, -0.15) is 0 Å². The minimum Gasteiger partial charge on any atom is -0.454 e. The van der Waals surface area contributed by atoms with Gasteiger partial charge < -0.3 is 14.3 Å². The molecule has 2 atom stereocenters. The van der Waals surface area contributed by atoms with Crippen LogP contribution in [-0.2, 0) is 4.74 Å². The highest BCUT2D eigenvalue weighted by atomic mass is 79.9. The molecule has 0 saturated heterocycles. The third-order valence-corrected chi connectivity index (χ3v) is 3.13. The second kappa shape index (κ2) is 5.01. The molecule has 1 saturated carbocycles. The molecule has 0 amide bonds. The average Bonchev–Trinajstić information content (AvgIpc) is 2.68. The second-order valence-corrected chi connectivity index (χ2v) is 4.68. The molecular weight excluding hydrogens is 276 g/mol. The van der Waals surface area contributed by atoms with Crippen molar-refractivity contribution in [2.24, 2.45) is 0 Å². The maximum Gasteiger partial charge on any atom is 0.374 e. The fourth-order valence-corrected chi connectivity index (χ4v) is 2.14. The molecule has 0 aliphatic heterocycles. The minimum absolute atomic E-state index is 0.157. The van der Waals surface area contributed by atoms with Crippen LogP contribution in [0.15, 0.2) is 21.2 Å². The topological polar surface area (TPSA) is 59.7 Å². The van der Waals surface area contributed by atoms with Gasteiger partial charge in [-0.3, -0.25) is 0 Å². The summed E-state index contributed by atoms with van der Waals surface area (Å²) in [6, 6.07) is 3.18. The van der Waals surface area contributed by atoms with Crippen molar-refractivity contribution in [2.75, 3.05) is 0 Å². The summed E-state index contributed by atoms with van der Waals surface area (Å²) in [5.41, 5.74) is 0. The molecule has 1 fully saturated rings. The van der Waals surface area contributed by atoms with Gasteiger partial charge in [-0.1, -0.05) is 6.42 Å². The molecule has 0 spiro atoms. The number of esters is 1. The Balaban J connectivity index is 1.96. The van der Waals surface area contributed by atoms with Crippen LogP contribution in [0.5, 0.6) is 0 Å². The Morgan fingerprint density at radius 3 is 2.81 bits per heavy atom. The van der Waals surface area contributed by atoms with Crippen molar-refractivity contribution in [3.05, 3.63) is 22.6 Å². The van der Waals surface area contributed by atoms with Crippen LogP contribution < -0.4 is 0 Å². The second-order valence-electron chi connectivity index (χ2n) is 3.90. The summed E-state index contributed by atoms with van der Waals surface area (Å²) in [6.07, 6.45) is 2.44. The van der Waals surface area contributed by atoms with E-state index < -0.39 is 18.2 Å². The first-order chi connectivity index (χ1) is 7.66. The van der Waals surface area contributed by atoms with Crippen LogP contribution in [0.1, 0.15) is 36.2 Å². The first kappa shape index (κ1) is 11.7. The van der Waals surface area contributed by atoms with Gasteiger partial charge in [0.1, 0.15) is 6.10 Å². The number of ether oxygens (including phenoxy) is 1. The van der Waals surface area contributed by atoms with Gasteiger partial charge in [0, 0.05) is 0 Å². The zero-order valence-corrected chi connectivity index (χ0v) is 10.3. The standard InChI is InChI=1S/C11H13BrO4/c12-10-6-5-9(15-10)11(14)16-8-4-2-1-3-7(8)13/h5-8,13H,1-4H2/t7-,8-/m1/s1. The zero-order valence-electron chi connectivity index (χ0n) is 8.69. The molecule has 5 heteroatoms. The monoisotopic (exact) mass is 288 g/mol. The quantitative estimate of drug-likeness (QED) is 0.850. The van der Waals surface area contributed by atoms with Crippen molar-refractivity contribution >= 4 is 21.9 Å². The Bertz CT molecular complexity index is 374. The molecule has 0 radical (unpaired) electrons. The lowest BCUT2D eigenvalue weighted by molar-refractivity contribution is -0.0380. The summed E-state index contributed by atoms with van der Waals surface area (Å²) < 4.78 is 10.8. The minimum atomic E-state index is -0.545. The van der Waals surface area contributed by atoms with Crippen molar-refractivity contribution in [1.29, 1.82) is 0 Å². The van der Waals surface area contributed by atoms with Gasteiger partial charge in [-0.15, -0.1) is 0 Å². The van der Waals surface area contributed by atoms with E-state index in [1.165, 1.54) is 0 Å². The van der Waals surface area contributed by atoms with E-state index in [1.807, 2.05) is 0 Å². The lowest BCUT2D eigenvalue weighted by Gasteiger charge is -2.26. The van der Waals surface area contributed by atoms with E-state index in [4.69, 9.17) is 9.15 Å². The van der Waals surface area contributed by atoms with Gasteiger partial charge in [0.15, 0.2) is 4.67 Å². The smallest absolute Gasteiger partial charge is 0.374 e. The molecule has 1 aromatic rings. The largest absolute Gasteiger partial charge is 0.454 e. The number of halogens is 1. The van der Waals surface area contributed by atoms with E-state index in [1.54, 1.807) is 12.1 Å². The van der Waals surface area contributed by atoms with Crippen molar-refractivity contribution < 1.29 is 19.1 Å². The van der Waals surface area contributed by atoms with Crippen LogP contribution in [-0.4, -0.2) is 23.3 Å². The summed E-state index contributed by atoms with van der Waals surface area (Å²) >= 11 is 3.11.